The molecule has 0 aliphatic carbocycles. The number of aromatic nitrogens is 2. The topological polar surface area (TPSA) is 76.0 Å². The van der Waals surface area contributed by atoms with Gasteiger partial charge in [0.2, 0.25) is 0 Å². The van der Waals surface area contributed by atoms with Crippen molar-refractivity contribution in [1.82, 2.24) is 14.9 Å². The molecule has 23 heavy (non-hydrogen) atoms. The lowest BCUT2D eigenvalue weighted by Crippen LogP contribution is -2.33. The van der Waals surface area contributed by atoms with Crippen LogP contribution in [-0.4, -0.2) is 22.1 Å². The highest BCUT2D eigenvalue weighted by atomic mass is 16.2. The maximum atomic E-state index is 11.8. The first-order chi connectivity index (χ1) is 11.0. The molecule has 2 N–H and O–H groups in total. The fourth-order valence-electron chi connectivity index (χ4n) is 2.10. The van der Waals surface area contributed by atoms with E-state index in [1.54, 1.807) is 6.92 Å². The Balaban J connectivity index is 1.82. The zero-order chi connectivity index (χ0) is 16.8. The first-order valence-electron chi connectivity index (χ1n) is 7.63. The van der Waals surface area contributed by atoms with Crippen molar-refractivity contribution in [2.45, 2.75) is 33.2 Å². The van der Waals surface area contributed by atoms with Crippen LogP contribution in [0.2, 0.25) is 0 Å². The SMILES string of the molecule is Cc1cc(=O)n(CCNC(=O)Nc2ccc(C(C)C)cc2)cn1. The maximum absolute atomic E-state index is 11.8. The zero-order valence-electron chi connectivity index (χ0n) is 13.7. The molecule has 0 bridgehead atoms. The van der Waals surface area contributed by atoms with E-state index in [-0.39, 0.29) is 11.6 Å². The molecule has 0 saturated heterocycles. The van der Waals surface area contributed by atoms with Crippen LogP contribution >= 0.6 is 0 Å². The second-order valence-corrected chi connectivity index (χ2v) is 5.72. The van der Waals surface area contributed by atoms with Gasteiger partial charge in [-0.15, -0.1) is 0 Å². The Morgan fingerprint density at radius 2 is 1.96 bits per heavy atom. The lowest BCUT2D eigenvalue weighted by molar-refractivity contribution is 0.251. The highest BCUT2D eigenvalue weighted by molar-refractivity contribution is 5.89. The Labute approximate surface area is 135 Å². The van der Waals surface area contributed by atoms with Gasteiger partial charge < -0.3 is 10.6 Å². The number of rotatable bonds is 5. The number of hydrogen-bond acceptors (Lipinski definition) is 3. The first-order valence-corrected chi connectivity index (χ1v) is 7.63. The fourth-order valence-corrected chi connectivity index (χ4v) is 2.10. The van der Waals surface area contributed by atoms with E-state index in [4.69, 9.17) is 0 Å². The summed E-state index contributed by atoms with van der Waals surface area (Å²) in [5, 5.41) is 5.49. The third kappa shape index (κ3) is 4.95. The van der Waals surface area contributed by atoms with Crippen LogP contribution in [0.5, 0.6) is 0 Å². The smallest absolute Gasteiger partial charge is 0.319 e. The largest absolute Gasteiger partial charge is 0.336 e. The predicted octanol–water partition coefficient (Wildman–Crippen LogP) is 2.50. The number of carbonyl (C=O) groups excluding carboxylic acids is 1. The molecule has 1 aromatic carbocycles. The van der Waals surface area contributed by atoms with E-state index >= 15 is 0 Å². The molecule has 6 nitrogen and oxygen atoms in total. The van der Waals surface area contributed by atoms with Crippen molar-refractivity contribution in [3.8, 4) is 0 Å². The Bertz CT molecular complexity index is 720. The summed E-state index contributed by atoms with van der Waals surface area (Å²) in [6, 6.07) is 8.92. The maximum Gasteiger partial charge on any atom is 0.319 e. The fraction of sp³-hybridized carbons (Fsp3) is 0.353. The third-order valence-corrected chi connectivity index (χ3v) is 3.49. The van der Waals surface area contributed by atoms with Gasteiger partial charge in [-0.2, -0.15) is 0 Å². The van der Waals surface area contributed by atoms with Gasteiger partial charge in [0, 0.05) is 30.5 Å². The second kappa shape index (κ2) is 7.58. The summed E-state index contributed by atoms with van der Waals surface area (Å²) in [5.74, 6) is 0.458. The standard InChI is InChI=1S/C17H22N4O2/c1-12(2)14-4-6-15(7-5-14)20-17(23)18-8-9-21-11-19-13(3)10-16(21)22/h4-7,10-12H,8-9H2,1-3H3,(H2,18,20,23). The van der Waals surface area contributed by atoms with Crippen LogP contribution in [0.4, 0.5) is 10.5 Å². The molecule has 0 aliphatic rings. The molecule has 1 aromatic heterocycles. The first kappa shape index (κ1) is 16.7. The van der Waals surface area contributed by atoms with Gasteiger partial charge in [-0.05, 0) is 30.5 Å². The van der Waals surface area contributed by atoms with Crippen LogP contribution in [0.25, 0.3) is 0 Å². The van der Waals surface area contributed by atoms with Gasteiger partial charge in [0.25, 0.3) is 5.56 Å². The van der Waals surface area contributed by atoms with Gasteiger partial charge in [-0.25, -0.2) is 9.78 Å². The van der Waals surface area contributed by atoms with E-state index < -0.39 is 0 Å². The third-order valence-electron chi connectivity index (χ3n) is 3.49. The van der Waals surface area contributed by atoms with E-state index in [9.17, 15) is 9.59 Å². The molecular formula is C17H22N4O2. The molecule has 0 aliphatic heterocycles. The Hall–Kier alpha value is -2.63. The van der Waals surface area contributed by atoms with Crippen LogP contribution in [0.15, 0.2) is 41.5 Å². The Morgan fingerprint density at radius 3 is 2.57 bits per heavy atom. The molecule has 0 radical (unpaired) electrons. The summed E-state index contributed by atoms with van der Waals surface area (Å²) in [6.07, 6.45) is 1.49. The summed E-state index contributed by atoms with van der Waals surface area (Å²) in [4.78, 5) is 27.6. The molecule has 2 rings (SSSR count). The van der Waals surface area contributed by atoms with Crippen molar-refractivity contribution in [3.63, 3.8) is 0 Å². The molecule has 2 amide bonds. The molecule has 0 unspecified atom stereocenters. The average Bonchev–Trinajstić information content (AvgIpc) is 2.50. The number of aryl methyl sites for hydroxylation is 1. The van der Waals surface area contributed by atoms with E-state index in [0.717, 1.165) is 5.69 Å². The van der Waals surface area contributed by atoms with Gasteiger partial charge >= 0.3 is 6.03 Å². The van der Waals surface area contributed by atoms with Crippen molar-refractivity contribution in [3.05, 3.63) is 58.3 Å². The number of urea groups is 1. The number of nitrogens with zero attached hydrogens (tertiary/aromatic N) is 2. The minimum atomic E-state index is -0.296. The van der Waals surface area contributed by atoms with E-state index in [1.165, 1.54) is 22.5 Å². The molecule has 122 valence electrons. The number of nitrogens with one attached hydrogen (secondary N) is 2. The second-order valence-electron chi connectivity index (χ2n) is 5.72. The Morgan fingerprint density at radius 1 is 1.26 bits per heavy atom. The number of benzene rings is 1. The van der Waals surface area contributed by atoms with Gasteiger partial charge in [0.1, 0.15) is 0 Å². The minimum Gasteiger partial charge on any atom is -0.336 e. The van der Waals surface area contributed by atoms with Crippen LogP contribution in [0, 0.1) is 6.92 Å². The van der Waals surface area contributed by atoms with E-state index in [1.807, 2.05) is 24.3 Å². The van der Waals surface area contributed by atoms with Gasteiger partial charge in [0.05, 0.1) is 6.33 Å². The molecule has 0 saturated carbocycles. The molecule has 0 atom stereocenters. The Kier molecular flexibility index (Phi) is 5.51. The van der Waals surface area contributed by atoms with Crippen molar-refractivity contribution in [2.24, 2.45) is 0 Å². The van der Waals surface area contributed by atoms with Crippen LogP contribution in [0.3, 0.4) is 0 Å². The average molecular weight is 314 g/mol. The monoisotopic (exact) mass is 314 g/mol. The molecule has 0 fully saturated rings. The summed E-state index contributed by atoms with van der Waals surface area (Å²) in [7, 11) is 0. The minimum absolute atomic E-state index is 0.121. The highest BCUT2D eigenvalue weighted by Gasteiger charge is 2.03. The highest BCUT2D eigenvalue weighted by Crippen LogP contribution is 2.16. The number of amides is 2. The van der Waals surface area contributed by atoms with Crippen molar-refractivity contribution in [1.29, 1.82) is 0 Å². The van der Waals surface area contributed by atoms with E-state index in [2.05, 4.69) is 29.5 Å². The van der Waals surface area contributed by atoms with E-state index in [0.29, 0.717) is 24.7 Å². The molecule has 6 heteroatoms. The molecule has 1 heterocycles. The van der Waals surface area contributed by atoms with Crippen LogP contribution in [0.1, 0.15) is 31.0 Å². The van der Waals surface area contributed by atoms with Crippen molar-refractivity contribution >= 4 is 11.7 Å². The predicted molar refractivity (Wildman–Crippen MR) is 90.8 cm³/mol. The number of hydrogen-bond donors (Lipinski definition) is 2. The molecular weight excluding hydrogens is 292 g/mol. The van der Waals surface area contributed by atoms with Crippen LogP contribution in [-0.2, 0) is 6.54 Å². The lowest BCUT2D eigenvalue weighted by atomic mass is 10.0. The number of anilines is 1. The van der Waals surface area contributed by atoms with Gasteiger partial charge in [0.15, 0.2) is 0 Å². The molecule has 0 spiro atoms. The normalized spacial score (nSPS) is 10.6. The van der Waals surface area contributed by atoms with Gasteiger partial charge in [-0.3, -0.25) is 9.36 Å². The summed E-state index contributed by atoms with van der Waals surface area (Å²) >= 11 is 0. The van der Waals surface area contributed by atoms with Crippen molar-refractivity contribution in [2.75, 3.05) is 11.9 Å². The number of carbonyl (C=O) groups is 1. The summed E-state index contributed by atoms with van der Waals surface area (Å²) in [6.45, 7) is 6.74. The summed E-state index contributed by atoms with van der Waals surface area (Å²) < 4.78 is 1.46. The van der Waals surface area contributed by atoms with Crippen molar-refractivity contribution < 1.29 is 4.79 Å². The van der Waals surface area contributed by atoms with Crippen LogP contribution < -0.4 is 16.2 Å². The van der Waals surface area contributed by atoms with Gasteiger partial charge in [-0.1, -0.05) is 26.0 Å². The zero-order valence-corrected chi connectivity index (χ0v) is 13.7. The molecule has 2 aromatic rings. The summed E-state index contributed by atoms with van der Waals surface area (Å²) in [5.41, 5.74) is 2.52. The lowest BCUT2D eigenvalue weighted by Gasteiger charge is -2.10. The quantitative estimate of drug-likeness (QED) is 0.890.